The second kappa shape index (κ2) is 4.09. The van der Waals surface area contributed by atoms with Crippen LogP contribution in [0.1, 0.15) is 0 Å². The fourth-order valence-corrected chi connectivity index (χ4v) is 0.942. The van der Waals surface area contributed by atoms with Gasteiger partial charge in [0, 0.05) is 4.90 Å². The van der Waals surface area contributed by atoms with Gasteiger partial charge in [0.05, 0.1) is 0 Å². The van der Waals surface area contributed by atoms with Crippen molar-refractivity contribution in [3.05, 3.63) is 36.9 Å². The Morgan fingerprint density at radius 2 is 2.36 bits per heavy atom. The first-order chi connectivity index (χ1) is 5.33. The van der Waals surface area contributed by atoms with Gasteiger partial charge in [-0.3, -0.25) is 0 Å². The molecule has 0 aliphatic carbocycles. The fraction of sp³-hybridized carbons (Fsp3) is 0.111. The summed E-state index contributed by atoms with van der Waals surface area (Å²) >= 11 is 4.17. The van der Waals surface area contributed by atoms with E-state index in [1.807, 2.05) is 24.3 Å². The van der Waals surface area contributed by atoms with Crippen molar-refractivity contribution in [2.24, 2.45) is 0 Å². The molecule has 11 heavy (non-hydrogen) atoms. The SMILES string of the molecule is C=CCOc1cccc(S)c1. The summed E-state index contributed by atoms with van der Waals surface area (Å²) in [5.74, 6) is 0.831. The number of rotatable bonds is 3. The minimum absolute atomic E-state index is 0.539. The molecule has 0 bridgehead atoms. The molecule has 0 N–H and O–H groups in total. The van der Waals surface area contributed by atoms with Crippen molar-refractivity contribution in [1.82, 2.24) is 0 Å². The van der Waals surface area contributed by atoms with E-state index in [-0.39, 0.29) is 0 Å². The molecular weight excluding hydrogens is 156 g/mol. The van der Waals surface area contributed by atoms with E-state index in [9.17, 15) is 0 Å². The van der Waals surface area contributed by atoms with Gasteiger partial charge in [-0.25, -0.2) is 0 Å². The predicted octanol–water partition coefficient (Wildman–Crippen LogP) is 2.54. The summed E-state index contributed by atoms with van der Waals surface area (Å²) < 4.78 is 5.27. The molecule has 0 saturated heterocycles. The summed E-state index contributed by atoms with van der Waals surface area (Å²) in [5.41, 5.74) is 0. The molecule has 2 heteroatoms. The van der Waals surface area contributed by atoms with Crippen molar-refractivity contribution in [3.63, 3.8) is 0 Å². The first kappa shape index (κ1) is 8.21. The number of hydrogen-bond acceptors (Lipinski definition) is 2. The molecule has 1 aromatic carbocycles. The smallest absolute Gasteiger partial charge is 0.120 e. The Morgan fingerprint density at radius 3 is 3.00 bits per heavy atom. The highest BCUT2D eigenvalue weighted by Crippen LogP contribution is 2.15. The summed E-state index contributed by atoms with van der Waals surface area (Å²) in [7, 11) is 0. The predicted molar refractivity (Wildman–Crippen MR) is 49.4 cm³/mol. The lowest BCUT2D eigenvalue weighted by Gasteiger charge is -2.02. The average molecular weight is 166 g/mol. The molecule has 1 nitrogen and oxygen atoms in total. The third-order valence-corrected chi connectivity index (χ3v) is 1.46. The zero-order valence-electron chi connectivity index (χ0n) is 6.16. The third kappa shape index (κ3) is 2.68. The molecule has 0 aliphatic rings. The van der Waals surface area contributed by atoms with E-state index in [4.69, 9.17) is 4.74 Å². The van der Waals surface area contributed by atoms with Crippen molar-refractivity contribution in [1.29, 1.82) is 0 Å². The van der Waals surface area contributed by atoms with E-state index in [0.29, 0.717) is 6.61 Å². The highest BCUT2D eigenvalue weighted by molar-refractivity contribution is 7.80. The normalized spacial score (nSPS) is 9.18. The van der Waals surface area contributed by atoms with Crippen molar-refractivity contribution >= 4 is 12.6 Å². The molecule has 1 aromatic rings. The Kier molecular flexibility index (Phi) is 3.05. The van der Waals surface area contributed by atoms with Gasteiger partial charge in [-0.1, -0.05) is 18.7 Å². The number of thiol groups is 1. The molecule has 0 fully saturated rings. The highest BCUT2D eigenvalue weighted by Gasteiger charge is 1.90. The van der Waals surface area contributed by atoms with Crippen LogP contribution >= 0.6 is 12.6 Å². The van der Waals surface area contributed by atoms with Gasteiger partial charge in [-0.2, -0.15) is 0 Å². The van der Waals surface area contributed by atoms with E-state index >= 15 is 0 Å². The molecule has 0 aromatic heterocycles. The maximum Gasteiger partial charge on any atom is 0.120 e. The molecule has 0 amide bonds. The van der Waals surface area contributed by atoms with Gasteiger partial charge in [0.1, 0.15) is 12.4 Å². The highest BCUT2D eigenvalue weighted by atomic mass is 32.1. The van der Waals surface area contributed by atoms with Gasteiger partial charge < -0.3 is 4.74 Å². The van der Waals surface area contributed by atoms with Crippen molar-refractivity contribution in [3.8, 4) is 5.75 Å². The molecule has 0 aliphatic heterocycles. The van der Waals surface area contributed by atoms with Crippen LogP contribution in [0.25, 0.3) is 0 Å². The topological polar surface area (TPSA) is 9.23 Å². The van der Waals surface area contributed by atoms with Gasteiger partial charge in [0.25, 0.3) is 0 Å². The second-order valence-electron chi connectivity index (χ2n) is 2.10. The Balaban J connectivity index is 2.63. The standard InChI is InChI=1S/C9H10OS/c1-2-6-10-8-4-3-5-9(11)7-8/h2-5,7,11H,1,6H2. The quantitative estimate of drug-likeness (QED) is 0.536. The number of ether oxygens (including phenoxy) is 1. The molecule has 58 valence electrons. The summed E-state index contributed by atoms with van der Waals surface area (Å²) in [4.78, 5) is 0.909. The Bertz CT molecular complexity index is 245. The van der Waals surface area contributed by atoms with Crippen molar-refractivity contribution in [2.75, 3.05) is 6.61 Å². The summed E-state index contributed by atoms with van der Waals surface area (Å²) in [5, 5.41) is 0. The molecular formula is C9H10OS. The van der Waals surface area contributed by atoms with E-state index in [2.05, 4.69) is 19.2 Å². The molecule has 0 heterocycles. The largest absolute Gasteiger partial charge is 0.490 e. The monoisotopic (exact) mass is 166 g/mol. The first-order valence-corrected chi connectivity index (χ1v) is 3.80. The molecule has 0 atom stereocenters. The van der Waals surface area contributed by atoms with Gasteiger partial charge in [0.15, 0.2) is 0 Å². The molecule has 1 rings (SSSR count). The van der Waals surface area contributed by atoms with Crippen molar-refractivity contribution < 1.29 is 4.74 Å². The van der Waals surface area contributed by atoms with Crippen LogP contribution < -0.4 is 4.74 Å². The van der Waals surface area contributed by atoms with Crippen LogP contribution in [-0.2, 0) is 0 Å². The Morgan fingerprint density at radius 1 is 1.55 bits per heavy atom. The van der Waals surface area contributed by atoms with E-state index in [0.717, 1.165) is 10.6 Å². The summed E-state index contributed by atoms with van der Waals surface area (Å²) in [6, 6.07) is 7.57. The van der Waals surface area contributed by atoms with Gasteiger partial charge in [0.2, 0.25) is 0 Å². The van der Waals surface area contributed by atoms with Crippen LogP contribution in [0.5, 0.6) is 5.75 Å². The van der Waals surface area contributed by atoms with Gasteiger partial charge in [-0.05, 0) is 18.2 Å². The maximum absolute atomic E-state index is 5.27. The third-order valence-electron chi connectivity index (χ3n) is 1.19. The molecule has 0 saturated carbocycles. The minimum Gasteiger partial charge on any atom is -0.490 e. The fourth-order valence-electron chi connectivity index (χ4n) is 0.728. The average Bonchev–Trinajstić information content (AvgIpc) is 2.01. The lowest BCUT2D eigenvalue weighted by molar-refractivity contribution is 0.362. The molecule has 0 unspecified atom stereocenters. The van der Waals surface area contributed by atoms with E-state index in [1.165, 1.54) is 0 Å². The van der Waals surface area contributed by atoms with Gasteiger partial charge >= 0.3 is 0 Å². The van der Waals surface area contributed by atoms with Crippen LogP contribution in [0.2, 0.25) is 0 Å². The number of benzene rings is 1. The zero-order chi connectivity index (χ0) is 8.10. The Hall–Kier alpha value is -0.890. The summed E-state index contributed by atoms with van der Waals surface area (Å²) in [6.07, 6.45) is 1.71. The Labute approximate surface area is 72.1 Å². The van der Waals surface area contributed by atoms with Crippen LogP contribution in [0.15, 0.2) is 41.8 Å². The lowest BCUT2D eigenvalue weighted by Crippen LogP contribution is -1.91. The number of hydrogen-bond donors (Lipinski definition) is 1. The van der Waals surface area contributed by atoms with E-state index in [1.54, 1.807) is 6.08 Å². The maximum atomic E-state index is 5.27. The molecule has 0 spiro atoms. The van der Waals surface area contributed by atoms with Gasteiger partial charge in [-0.15, -0.1) is 12.6 Å². The van der Waals surface area contributed by atoms with Crippen molar-refractivity contribution in [2.45, 2.75) is 4.90 Å². The first-order valence-electron chi connectivity index (χ1n) is 3.35. The van der Waals surface area contributed by atoms with Crippen LogP contribution in [0, 0.1) is 0 Å². The molecule has 0 radical (unpaired) electrons. The van der Waals surface area contributed by atoms with Crippen LogP contribution in [0.4, 0.5) is 0 Å². The lowest BCUT2D eigenvalue weighted by atomic mass is 10.3. The minimum atomic E-state index is 0.539. The van der Waals surface area contributed by atoms with Crippen LogP contribution in [0.3, 0.4) is 0 Å². The summed E-state index contributed by atoms with van der Waals surface area (Å²) in [6.45, 7) is 4.09. The second-order valence-corrected chi connectivity index (χ2v) is 2.61. The zero-order valence-corrected chi connectivity index (χ0v) is 7.05. The van der Waals surface area contributed by atoms with Crippen LogP contribution in [-0.4, -0.2) is 6.61 Å². The van der Waals surface area contributed by atoms with E-state index < -0.39 is 0 Å².